The quantitative estimate of drug-likeness (QED) is 0.842. The van der Waals surface area contributed by atoms with Gasteiger partial charge in [0.25, 0.3) is 0 Å². The average Bonchev–Trinajstić information content (AvgIpc) is 2.35. The molecule has 1 aliphatic rings. The van der Waals surface area contributed by atoms with Crippen molar-refractivity contribution in [2.45, 2.75) is 33.0 Å². The van der Waals surface area contributed by atoms with Gasteiger partial charge in [0.15, 0.2) is 13.1 Å². The van der Waals surface area contributed by atoms with E-state index in [1.54, 1.807) is 32.9 Å². The molecule has 0 aliphatic carbocycles. The van der Waals surface area contributed by atoms with Crippen LogP contribution in [-0.2, 0) is 16.1 Å². The molecule has 0 atom stereocenters. The van der Waals surface area contributed by atoms with Crippen LogP contribution < -0.4 is 10.1 Å². The zero-order valence-corrected chi connectivity index (χ0v) is 11.7. The minimum atomic E-state index is -0.585. The Hall–Kier alpha value is -2.08. The van der Waals surface area contributed by atoms with Gasteiger partial charge < -0.3 is 14.2 Å². The number of amides is 1. The summed E-state index contributed by atoms with van der Waals surface area (Å²) in [5.74, 6) is 0.501. The van der Waals surface area contributed by atoms with Crippen molar-refractivity contribution in [1.82, 2.24) is 0 Å². The number of hydrogen-bond acceptors (Lipinski definition) is 5. The zero-order valence-electron chi connectivity index (χ0n) is 11.7. The predicted molar refractivity (Wildman–Crippen MR) is 72.0 cm³/mol. The maximum Gasteiger partial charge on any atom is 0.412 e. The van der Waals surface area contributed by atoms with Gasteiger partial charge in [0.05, 0.1) is 12.2 Å². The summed E-state index contributed by atoms with van der Waals surface area (Å²) in [7, 11) is 0. The summed E-state index contributed by atoms with van der Waals surface area (Å²) in [4.78, 5) is 22.8. The molecule has 20 heavy (non-hydrogen) atoms. The van der Waals surface area contributed by atoms with Crippen LogP contribution in [0.2, 0.25) is 0 Å². The van der Waals surface area contributed by atoms with E-state index < -0.39 is 11.7 Å². The van der Waals surface area contributed by atoms with Crippen molar-refractivity contribution in [3.05, 3.63) is 23.3 Å². The fourth-order valence-electron chi connectivity index (χ4n) is 1.83. The second-order valence-electron chi connectivity index (χ2n) is 5.41. The van der Waals surface area contributed by atoms with E-state index in [-0.39, 0.29) is 6.79 Å². The average molecular weight is 279 g/mol. The molecule has 0 spiro atoms. The van der Waals surface area contributed by atoms with Crippen LogP contribution in [0.15, 0.2) is 12.1 Å². The Morgan fingerprint density at radius 2 is 2.15 bits per heavy atom. The number of carbonyl (C=O) groups excluding carboxylic acids is 2. The number of rotatable bonds is 2. The minimum absolute atomic E-state index is 0.118. The van der Waals surface area contributed by atoms with E-state index in [2.05, 4.69) is 5.32 Å². The number of ether oxygens (including phenoxy) is 3. The van der Waals surface area contributed by atoms with Crippen molar-refractivity contribution in [3.8, 4) is 5.75 Å². The summed E-state index contributed by atoms with van der Waals surface area (Å²) in [5.41, 5.74) is 0.968. The number of nitrogens with one attached hydrogen (secondary N) is 1. The molecule has 0 fully saturated rings. The van der Waals surface area contributed by atoms with E-state index in [0.29, 0.717) is 35.5 Å². The van der Waals surface area contributed by atoms with Crippen LogP contribution in [0.1, 0.15) is 36.7 Å². The summed E-state index contributed by atoms with van der Waals surface area (Å²) in [6.07, 6.45) is 0.108. The highest BCUT2D eigenvalue weighted by molar-refractivity contribution is 5.89. The molecule has 1 heterocycles. The van der Waals surface area contributed by atoms with E-state index in [0.717, 1.165) is 0 Å². The normalized spacial score (nSPS) is 13.9. The molecule has 1 aromatic carbocycles. The maximum atomic E-state index is 11.7. The first kappa shape index (κ1) is 14.3. The molecule has 108 valence electrons. The molecule has 1 N–H and O–H groups in total. The fourth-order valence-corrected chi connectivity index (χ4v) is 1.83. The SMILES string of the molecule is CC(C)(C)OC(=O)Nc1cc(C=O)c2c(c1)COCO2. The third-order valence-electron chi connectivity index (χ3n) is 2.51. The molecule has 2 rings (SSSR count). The highest BCUT2D eigenvalue weighted by atomic mass is 16.7. The van der Waals surface area contributed by atoms with Crippen molar-refractivity contribution in [2.75, 3.05) is 12.1 Å². The Morgan fingerprint density at radius 3 is 2.80 bits per heavy atom. The Balaban J connectivity index is 2.20. The molecule has 1 amide bonds. The van der Waals surface area contributed by atoms with Crippen molar-refractivity contribution in [2.24, 2.45) is 0 Å². The molecule has 0 saturated carbocycles. The van der Waals surface area contributed by atoms with Gasteiger partial charge in [0, 0.05) is 11.3 Å². The van der Waals surface area contributed by atoms with Gasteiger partial charge >= 0.3 is 6.09 Å². The van der Waals surface area contributed by atoms with Crippen LogP contribution in [0.4, 0.5) is 10.5 Å². The second-order valence-corrected chi connectivity index (χ2v) is 5.41. The van der Waals surface area contributed by atoms with Crippen LogP contribution >= 0.6 is 0 Å². The van der Waals surface area contributed by atoms with Gasteiger partial charge in [-0.2, -0.15) is 0 Å². The first-order valence-electron chi connectivity index (χ1n) is 6.22. The van der Waals surface area contributed by atoms with E-state index in [1.165, 1.54) is 0 Å². The van der Waals surface area contributed by atoms with E-state index in [9.17, 15) is 9.59 Å². The van der Waals surface area contributed by atoms with Gasteiger partial charge in [-0.3, -0.25) is 10.1 Å². The highest BCUT2D eigenvalue weighted by Crippen LogP contribution is 2.30. The van der Waals surface area contributed by atoms with Crippen molar-refractivity contribution >= 4 is 18.1 Å². The lowest BCUT2D eigenvalue weighted by molar-refractivity contribution is -0.0166. The summed E-state index contributed by atoms with van der Waals surface area (Å²) >= 11 is 0. The second kappa shape index (κ2) is 5.50. The summed E-state index contributed by atoms with van der Waals surface area (Å²) < 4.78 is 15.6. The number of benzene rings is 1. The number of fused-ring (bicyclic) bond motifs is 1. The van der Waals surface area contributed by atoms with Gasteiger partial charge in [0.2, 0.25) is 0 Å². The number of carbonyl (C=O) groups is 2. The van der Waals surface area contributed by atoms with Crippen LogP contribution in [0.25, 0.3) is 0 Å². The molecule has 1 aliphatic heterocycles. The molecule has 0 radical (unpaired) electrons. The molecule has 1 aromatic rings. The summed E-state index contributed by atoms with van der Waals surface area (Å²) in [6.45, 7) is 5.78. The lowest BCUT2D eigenvalue weighted by Crippen LogP contribution is -2.27. The van der Waals surface area contributed by atoms with Crippen LogP contribution in [0.3, 0.4) is 0 Å². The van der Waals surface area contributed by atoms with Gasteiger partial charge in [-0.15, -0.1) is 0 Å². The Morgan fingerprint density at radius 1 is 1.40 bits per heavy atom. The summed E-state index contributed by atoms with van der Waals surface area (Å²) in [6, 6.07) is 3.24. The molecular weight excluding hydrogens is 262 g/mol. The van der Waals surface area contributed by atoms with Crippen LogP contribution in [0, 0.1) is 0 Å². The smallest absolute Gasteiger partial charge is 0.412 e. The Bertz CT molecular complexity index is 533. The lowest BCUT2D eigenvalue weighted by atomic mass is 10.1. The van der Waals surface area contributed by atoms with Crippen molar-refractivity contribution < 1.29 is 23.8 Å². The van der Waals surface area contributed by atoms with Gasteiger partial charge in [-0.05, 0) is 32.9 Å². The number of aldehydes is 1. The molecule has 0 unspecified atom stereocenters. The molecule has 0 aromatic heterocycles. The largest absolute Gasteiger partial charge is 0.466 e. The van der Waals surface area contributed by atoms with E-state index >= 15 is 0 Å². The van der Waals surface area contributed by atoms with E-state index in [4.69, 9.17) is 14.2 Å². The fraction of sp³-hybridized carbons (Fsp3) is 0.429. The first-order chi connectivity index (χ1) is 9.39. The minimum Gasteiger partial charge on any atom is -0.466 e. The van der Waals surface area contributed by atoms with Crippen LogP contribution in [0.5, 0.6) is 5.75 Å². The standard InChI is InChI=1S/C14H17NO5/c1-14(2,3)20-13(17)15-11-4-9(6-16)12-10(5-11)7-18-8-19-12/h4-6H,7-8H2,1-3H3,(H,15,17). The molecule has 0 bridgehead atoms. The van der Waals surface area contributed by atoms with Gasteiger partial charge in [-0.1, -0.05) is 0 Å². The monoisotopic (exact) mass is 279 g/mol. The maximum absolute atomic E-state index is 11.7. The Labute approximate surface area is 117 Å². The third kappa shape index (κ3) is 3.48. The highest BCUT2D eigenvalue weighted by Gasteiger charge is 2.19. The topological polar surface area (TPSA) is 73.9 Å². The Kier molecular flexibility index (Phi) is 3.94. The molecular formula is C14H17NO5. The van der Waals surface area contributed by atoms with Gasteiger partial charge in [-0.25, -0.2) is 4.79 Å². The predicted octanol–water partition coefficient (Wildman–Crippen LogP) is 2.71. The third-order valence-corrected chi connectivity index (χ3v) is 2.51. The number of hydrogen-bond donors (Lipinski definition) is 1. The number of anilines is 1. The van der Waals surface area contributed by atoms with Crippen molar-refractivity contribution in [3.63, 3.8) is 0 Å². The molecule has 6 heteroatoms. The first-order valence-corrected chi connectivity index (χ1v) is 6.22. The van der Waals surface area contributed by atoms with Crippen LogP contribution in [-0.4, -0.2) is 24.8 Å². The van der Waals surface area contributed by atoms with Gasteiger partial charge in [0.1, 0.15) is 11.4 Å². The molecule has 6 nitrogen and oxygen atoms in total. The zero-order chi connectivity index (χ0) is 14.8. The van der Waals surface area contributed by atoms with E-state index in [1.807, 2.05) is 0 Å². The lowest BCUT2D eigenvalue weighted by Gasteiger charge is -2.22. The summed E-state index contributed by atoms with van der Waals surface area (Å²) in [5, 5.41) is 2.59. The van der Waals surface area contributed by atoms with Crippen molar-refractivity contribution in [1.29, 1.82) is 0 Å². The molecule has 0 saturated heterocycles.